The summed E-state index contributed by atoms with van der Waals surface area (Å²) in [5, 5.41) is 2.90. The first-order valence-electron chi connectivity index (χ1n) is 10.1. The van der Waals surface area contributed by atoms with Crippen molar-refractivity contribution in [1.29, 1.82) is 0 Å². The molecule has 1 saturated carbocycles. The first kappa shape index (κ1) is 19.8. The van der Waals surface area contributed by atoms with Gasteiger partial charge in [0, 0.05) is 12.1 Å². The van der Waals surface area contributed by atoms with Gasteiger partial charge >= 0.3 is 0 Å². The van der Waals surface area contributed by atoms with Crippen molar-refractivity contribution in [3.05, 3.63) is 47.5 Å². The van der Waals surface area contributed by atoms with E-state index >= 15 is 0 Å². The Labute approximate surface area is 154 Å². The summed E-state index contributed by atoms with van der Waals surface area (Å²) in [6.45, 7) is 8.36. The second-order valence-electron chi connectivity index (χ2n) is 7.74. The molecule has 25 heavy (non-hydrogen) atoms. The number of unbranched alkanes of at least 4 members (excludes halogenated alkanes) is 2. The van der Waals surface area contributed by atoms with E-state index in [2.05, 4.69) is 43.1 Å². The van der Waals surface area contributed by atoms with Crippen molar-refractivity contribution in [3.63, 3.8) is 0 Å². The van der Waals surface area contributed by atoms with Crippen LogP contribution in [-0.2, 0) is 11.2 Å². The standard InChI is InChI=1S/C23H35NO/c1-4-5-6-7-19-8-12-21(13-9-19)22-14-10-20(11-15-22)16-17-24-23(25)18(2)3/h10-11,14-15,19,21H,2,4-9,12-13,16-17H2,1,3H3,(H,24,25). The van der Waals surface area contributed by atoms with Crippen LogP contribution in [0.4, 0.5) is 0 Å². The lowest BCUT2D eigenvalue weighted by molar-refractivity contribution is -0.117. The van der Waals surface area contributed by atoms with Crippen LogP contribution in [0.3, 0.4) is 0 Å². The molecule has 138 valence electrons. The third-order valence-corrected chi connectivity index (χ3v) is 5.60. The van der Waals surface area contributed by atoms with Crippen LogP contribution in [-0.4, -0.2) is 12.5 Å². The van der Waals surface area contributed by atoms with Crippen molar-refractivity contribution in [3.8, 4) is 0 Å². The van der Waals surface area contributed by atoms with Gasteiger partial charge in [-0.15, -0.1) is 0 Å². The summed E-state index contributed by atoms with van der Waals surface area (Å²) in [6.07, 6.45) is 12.0. The second kappa shape index (κ2) is 10.4. The number of carbonyl (C=O) groups excluding carboxylic acids is 1. The van der Waals surface area contributed by atoms with E-state index in [1.54, 1.807) is 6.92 Å². The van der Waals surface area contributed by atoms with Gasteiger partial charge in [0.15, 0.2) is 0 Å². The minimum absolute atomic E-state index is 0.0488. The lowest BCUT2D eigenvalue weighted by atomic mass is 9.77. The number of benzene rings is 1. The van der Waals surface area contributed by atoms with Crippen molar-refractivity contribution in [2.24, 2.45) is 5.92 Å². The summed E-state index contributed by atoms with van der Waals surface area (Å²) in [5.41, 5.74) is 3.36. The lowest BCUT2D eigenvalue weighted by Crippen LogP contribution is -2.25. The summed E-state index contributed by atoms with van der Waals surface area (Å²) in [6, 6.07) is 9.07. The van der Waals surface area contributed by atoms with Crippen LogP contribution in [0.25, 0.3) is 0 Å². The van der Waals surface area contributed by atoms with Gasteiger partial charge in [-0.1, -0.05) is 63.5 Å². The highest BCUT2D eigenvalue weighted by molar-refractivity contribution is 5.92. The van der Waals surface area contributed by atoms with E-state index < -0.39 is 0 Å². The highest BCUT2D eigenvalue weighted by Crippen LogP contribution is 2.37. The maximum absolute atomic E-state index is 11.5. The molecule has 1 N–H and O–H groups in total. The molecule has 1 fully saturated rings. The van der Waals surface area contributed by atoms with E-state index in [9.17, 15) is 4.79 Å². The average Bonchev–Trinajstić information content (AvgIpc) is 2.63. The molecule has 1 aliphatic carbocycles. The molecule has 0 aromatic heterocycles. The number of nitrogens with one attached hydrogen (secondary N) is 1. The molecule has 0 radical (unpaired) electrons. The molecule has 1 aromatic carbocycles. The molecule has 1 aromatic rings. The molecule has 0 unspecified atom stereocenters. The molecule has 0 bridgehead atoms. The van der Waals surface area contributed by atoms with Crippen LogP contribution in [0, 0.1) is 5.92 Å². The van der Waals surface area contributed by atoms with Crippen LogP contribution in [0.5, 0.6) is 0 Å². The van der Waals surface area contributed by atoms with Crippen LogP contribution in [0.15, 0.2) is 36.4 Å². The predicted octanol–water partition coefficient (Wildman–Crippen LogP) is 5.78. The highest BCUT2D eigenvalue weighted by Gasteiger charge is 2.21. The second-order valence-corrected chi connectivity index (χ2v) is 7.74. The van der Waals surface area contributed by atoms with Gasteiger partial charge in [0.2, 0.25) is 5.91 Å². The van der Waals surface area contributed by atoms with Crippen molar-refractivity contribution < 1.29 is 4.79 Å². The Balaban J connectivity index is 1.73. The molecular formula is C23H35NO. The van der Waals surface area contributed by atoms with Gasteiger partial charge in [-0.05, 0) is 62.0 Å². The normalized spacial score (nSPS) is 20.2. The third-order valence-electron chi connectivity index (χ3n) is 5.60. The fraction of sp³-hybridized carbons (Fsp3) is 0.609. The lowest BCUT2D eigenvalue weighted by Gasteiger charge is -2.29. The van der Waals surface area contributed by atoms with Gasteiger partial charge in [0.25, 0.3) is 0 Å². The Morgan fingerprint density at radius 3 is 2.40 bits per heavy atom. The van der Waals surface area contributed by atoms with Gasteiger partial charge in [0.05, 0.1) is 0 Å². The monoisotopic (exact) mass is 341 g/mol. The quantitative estimate of drug-likeness (QED) is 0.448. The van der Waals surface area contributed by atoms with E-state index in [0.717, 1.165) is 18.3 Å². The molecule has 0 atom stereocenters. The van der Waals surface area contributed by atoms with Gasteiger partial charge in [-0.3, -0.25) is 4.79 Å². The van der Waals surface area contributed by atoms with Crippen molar-refractivity contribution in [1.82, 2.24) is 5.32 Å². The topological polar surface area (TPSA) is 29.1 Å². The summed E-state index contributed by atoms with van der Waals surface area (Å²) in [5.74, 6) is 1.67. The van der Waals surface area contributed by atoms with Crippen molar-refractivity contribution >= 4 is 5.91 Å². The third kappa shape index (κ3) is 6.68. The zero-order chi connectivity index (χ0) is 18.1. The maximum Gasteiger partial charge on any atom is 0.246 e. The molecule has 0 spiro atoms. The van der Waals surface area contributed by atoms with E-state index in [4.69, 9.17) is 0 Å². The Bertz CT molecular complexity index is 538. The Kier molecular flexibility index (Phi) is 8.24. The molecule has 0 aliphatic heterocycles. The van der Waals surface area contributed by atoms with Crippen molar-refractivity contribution in [2.45, 2.75) is 77.6 Å². The largest absolute Gasteiger partial charge is 0.352 e. The minimum atomic E-state index is -0.0488. The zero-order valence-corrected chi connectivity index (χ0v) is 16.2. The van der Waals surface area contributed by atoms with E-state index in [1.807, 2.05) is 0 Å². The Hall–Kier alpha value is -1.57. The van der Waals surface area contributed by atoms with E-state index in [0.29, 0.717) is 12.1 Å². The zero-order valence-electron chi connectivity index (χ0n) is 16.2. The summed E-state index contributed by atoms with van der Waals surface area (Å²) < 4.78 is 0. The van der Waals surface area contributed by atoms with Gasteiger partial charge in [-0.2, -0.15) is 0 Å². The number of hydrogen-bond acceptors (Lipinski definition) is 1. The van der Waals surface area contributed by atoms with Crippen LogP contribution < -0.4 is 5.32 Å². The van der Waals surface area contributed by atoms with Gasteiger partial charge in [-0.25, -0.2) is 0 Å². The maximum atomic E-state index is 11.5. The molecule has 1 amide bonds. The Morgan fingerprint density at radius 1 is 1.12 bits per heavy atom. The number of rotatable bonds is 9. The van der Waals surface area contributed by atoms with E-state index in [1.165, 1.54) is 62.5 Å². The van der Waals surface area contributed by atoms with Crippen LogP contribution in [0.2, 0.25) is 0 Å². The van der Waals surface area contributed by atoms with Gasteiger partial charge in [0.1, 0.15) is 0 Å². The summed E-state index contributed by atoms with van der Waals surface area (Å²) in [7, 11) is 0. The Morgan fingerprint density at radius 2 is 1.80 bits per heavy atom. The molecular weight excluding hydrogens is 306 g/mol. The smallest absolute Gasteiger partial charge is 0.246 e. The van der Waals surface area contributed by atoms with E-state index in [-0.39, 0.29) is 5.91 Å². The molecule has 2 nitrogen and oxygen atoms in total. The predicted molar refractivity (Wildman–Crippen MR) is 107 cm³/mol. The fourth-order valence-corrected chi connectivity index (χ4v) is 3.90. The number of hydrogen-bond donors (Lipinski definition) is 1. The summed E-state index contributed by atoms with van der Waals surface area (Å²) in [4.78, 5) is 11.5. The van der Waals surface area contributed by atoms with Gasteiger partial charge < -0.3 is 5.32 Å². The highest BCUT2D eigenvalue weighted by atomic mass is 16.1. The fourth-order valence-electron chi connectivity index (χ4n) is 3.90. The molecule has 0 heterocycles. The van der Waals surface area contributed by atoms with Crippen LogP contribution in [0.1, 0.15) is 82.3 Å². The minimum Gasteiger partial charge on any atom is -0.352 e. The molecule has 2 rings (SSSR count). The SMILES string of the molecule is C=C(C)C(=O)NCCc1ccc(C2CCC(CCCCC)CC2)cc1. The van der Waals surface area contributed by atoms with Crippen LogP contribution >= 0.6 is 0 Å². The first-order chi connectivity index (χ1) is 12.1. The average molecular weight is 342 g/mol. The first-order valence-corrected chi connectivity index (χ1v) is 10.1. The number of amides is 1. The summed E-state index contributed by atoms with van der Waals surface area (Å²) >= 11 is 0. The molecule has 1 aliphatic rings. The number of carbonyl (C=O) groups is 1. The van der Waals surface area contributed by atoms with Crippen molar-refractivity contribution in [2.75, 3.05) is 6.54 Å². The molecule has 0 saturated heterocycles. The molecule has 2 heteroatoms.